The predicted octanol–water partition coefficient (Wildman–Crippen LogP) is 1.19. The Balaban J connectivity index is 1.51. The molecule has 0 bridgehead atoms. The van der Waals surface area contributed by atoms with Gasteiger partial charge in [-0.3, -0.25) is 9.36 Å². The average molecular weight is 311 g/mol. The van der Waals surface area contributed by atoms with Gasteiger partial charge in [-0.1, -0.05) is 6.07 Å². The fourth-order valence-electron chi connectivity index (χ4n) is 3.20. The molecule has 3 heterocycles. The van der Waals surface area contributed by atoms with Crippen molar-refractivity contribution in [3.63, 3.8) is 0 Å². The second-order valence-corrected chi connectivity index (χ2v) is 5.84. The molecule has 1 aliphatic rings. The zero-order valence-corrected chi connectivity index (χ0v) is 12.5. The molecular weight excluding hydrogens is 294 g/mol. The van der Waals surface area contributed by atoms with Crippen LogP contribution in [0.1, 0.15) is 29.0 Å². The highest BCUT2D eigenvalue weighted by Crippen LogP contribution is 2.18. The van der Waals surface area contributed by atoms with E-state index in [1.807, 2.05) is 30.5 Å². The average Bonchev–Trinajstić information content (AvgIpc) is 3.11. The van der Waals surface area contributed by atoms with Crippen LogP contribution in [-0.2, 0) is 13.0 Å². The molecule has 0 aliphatic carbocycles. The lowest BCUT2D eigenvalue weighted by Gasteiger charge is -2.16. The molecule has 7 nitrogen and oxygen atoms in total. The normalized spacial score (nSPS) is 17.7. The first kappa shape index (κ1) is 13.8. The molecule has 0 saturated heterocycles. The Hall–Kier alpha value is -2.83. The van der Waals surface area contributed by atoms with Gasteiger partial charge in [0, 0.05) is 41.7 Å². The van der Waals surface area contributed by atoms with E-state index in [0.717, 1.165) is 29.6 Å². The van der Waals surface area contributed by atoms with Crippen molar-refractivity contribution >= 4 is 16.8 Å². The summed E-state index contributed by atoms with van der Waals surface area (Å²) in [5, 5.41) is 10.5. The summed E-state index contributed by atoms with van der Waals surface area (Å²) in [4.78, 5) is 27.4. The molecule has 0 radical (unpaired) electrons. The number of nitrogens with one attached hydrogen (secondary N) is 3. The van der Waals surface area contributed by atoms with E-state index < -0.39 is 0 Å². The minimum atomic E-state index is -0.177. The van der Waals surface area contributed by atoms with Crippen LogP contribution < -0.4 is 11.0 Å². The van der Waals surface area contributed by atoms with Crippen molar-refractivity contribution in [3.8, 4) is 0 Å². The van der Waals surface area contributed by atoms with E-state index in [9.17, 15) is 9.59 Å². The first-order valence-corrected chi connectivity index (χ1v) is 7.73. The van der Waals surface area contributed by atoms with Gasteiger partial charge in [0.2, 0.25) is 0 Å². The van der Waals surface area contributed by atoms with Crippen molar-refractivity contribution in [3.05, 3.63) is 52.3 Å². The van der Waals surface area contributed by atoms with E-state index >= 15 is 0 Å². The topological polar surface area (TPSA) is 95.6 Å². The van der Waals surface area contributed by atoms with Crippen LogP contribution in [0.4, 0.5) is 0 Å². The number of amides is 1. The molecule has 1 unspecified atom stereocenters. The molecule has 1 amide bonds. The van der Waals surface area contributed by atoms with Crippen molar-refractivity contribution in [1.82, 2.24) is 25.1 Å². The summed E-state index contributed by atoms with van der Waals surface area (Å²) < 4.78 is 1.65. The number of hydrogen-bond acceptors (Lipinski definition) is 3. The number of hydrogen-bond donors (Lipinski definition) is 3. The van der Waals surface area contributed by atoms with Gasteiger partial charge in [-0.15, -0.1) is 0 Å². The number of carbonyl (C=O) groups is 1. The Kier molecular flexibility index (Phi) is 3.25. The van der Waals surface area contributed by atoms with E-state index in [-0.39, 0.29) is 17.6 Å². The third-order valence-corrected chi connectivity index (χ3v) is 4.43. The van der Waals surface area contributed by atoms with Crippen LogP contribution in [0, 0.1) is 0 Å². The second-order valence-electron chi connectivity index (χ2n) is 5.84. The zero-order chi connectivity index (χ0) is 15.8. The van der Waals surface area contributed by atoms with Gasteiger partial charge in [-0.2, -0.15) is 5.10 Å². The lowest BCUT2D eigenvalue weighted by molar-refractivity contribution is 0.0934. The van der Waals surface area contributed by atoms with E-state index in [0.29, 0.717) is 18.5 Å². The summed E-state index contributed by atoms with van der Waals surface area (Å²) in [6.45, 7) is 0.573. The van der Waals surface area contributed by atoms with Crippen LogP contribution in [0.3, 0.4) is 0 Å². The molecule has 0 spiro atoms. The third kappa shape index (κ3) is 2.44. The molecule has 118 valence electrons. The number of benzene rings is 1. The van der Waals surface area contributed by atoms with Gasteiger partial charge < -0.3 is 10.3 Å². The minimum Gasteiger partial charge on any atom is -0.361 e. The number of rotatable bonds is 2. The number of aryl methyl sites for hydroxylation is 1. The van der Waals surface area contributed by atoms with Crippen LogP contribution in [-0.4, -0.2) is 31.7 Å². The quantitative estimate of drug-likeness (QED) is 0.663. The largest absolute Gasteiger partial charge is 0.361 e. The van der Waals surface area contributed by atoms with Gasteiger partial charge in [-0.25, -0.2) is 9.89 Å². The van der Waals surface area contributed by atoms with E-state index in [1.165, 1.54) is 0 Å². The summed E-state index contributed by atoms with van der Waals surface area (Å²) >= 11 is 0. The maximum atomic E-state index is 12.6. The number of carbonyl (C=O) groups excluding carboxylic acids is 1. The summed E-state index contributed by atoms with van der Waals surface area (Å²) in [6.07, 6.45) is 4.01. The lowest BCUT2D eigenvalue weighted by Crippen LogP contribution is -2.35. The Morgan fingerprint density at radius 2 is 2.22 bits per heavy atom. The molecule has 23 heavy (non-hydrogen) atoms. The van der Waals surface area contributed by atoms with Gasteiger partial charge in [-0.05, 0) is 31.0 Å². The van der Waals surface area contributed by atoms with Crippen molar-refractivity contribution in [2.45, 2.75) is 31.8 Å². The molecule has 3 N–H and O–H groups in total. The number of nitrogens with zero attached hydrogens (tertiary/aromatic N) is 2. The Morgan fingerprint density at radius 1 is 1.30 bits per heavy atom. The zero-order valence-electron chi connectivity index (χ0n) is 12.5. The molecule has 4 rings (SSSR count). The van der Waals surface area contributed by atoms with Gasteiger partial charge in [0.1, 0.15) is 5.82 Å². The minimum absolute atomic E-state index is 0.0396. The van der Waals surface area contributed by atoms with Crippen LogP contribution in [0.15, 0.2) is 35.3 Å². The number of aromatic amines is 2. The van der Waals surface area contributed by atoms with Crippen LogP contribution in [0.25, 0.3) is 10.9 Å². The summed E-state index contributed by atoms with van der Waals surface area (Å²) in [5.41, 5.74) is 1.44. The molecule has 0 fully saturated rings. The fourth-order valence-corrected chi connectivity index (χ4v) is 3.20. The second kappa shape index (κ2) is 5.42. The Morgan fingerprint density at radius 3 is 3.13 bits per heavy atom. The molecular formula is C16H17N5O2. The molecule has 0 saturated carbocycles. The van der Waals surface area contributed by atoms with Gasteiger partial charge in [0.05, 0.1) is 0 Å². The van der Waals surface area contributed by atoms with E-state index in [2.05, 4.69) is 20.5 Å². The van der Waals surface area contributed by atoms with E-state index in [4.69, 9.17) is 0 Å². The summed E-state index contributed by atoms with van der Waals surface area (Å²) in [7, 11) is 0. The lowest BCUT2D eigenvalue weighted by atomic mass is 10.1. The Labute approximate surface area is 131 Å². The van der Waals surface area contributed by atoms with Crippen molar-refractivity contribution in [1.29, 1.82) is 0 Å². The highest BCUT2D eigenvalue weighted by Gasteiger charge is 2.21. The van der Waals surface area contributed by atoms with Gasteiger partial charge in [0.15, 0.2) is 0 Å². The third-order valence-electron chi connectivity index (χ3n) is 4.43. The van der Waals surface area contributed by atoms with Gasteiger partial charge in [0.25, 0.3) is 5.91 Å². The number of aromatic nitrogens is 4. The van der Waals surface area contributed by atoms with Crippen LogP contribution in [0.2, 0.25) is 0 Å². The SMILES string of the molecule is O=C(NC1CCc2n[nH]c(=O)n2CC1)c1cccc2[nH]ccc12. The molecule has 3 aromatic rings. The highest BCUT2D eigenvalue weighted by atomic mass is 16.2. The number of H-pyrrole nitrogens is 2. The molecule has 1 atom stereocenters. The summed E-state index contributed by atoms with van der Waals surface area (Å²) in [5.74, 6) is 0.688. The maximum Gasteiger partial charge on any atom is 0.343 e. The van der Waals surface area contributed by atoms with Gasteiger partial charge >= 0.3 is 5.69 Å². The maximum absolute atomic E-state index is 12.6. The van der Waals surface area contributed by atoms with Crippen molar-refractivity contribution in [2.24, 2.45) is 0 Å². The van der Waals surface area contributed by atoms with E-state index in [1.54, 1.807) is 4.57 Å². The summed E-state index contributed by atoms with van der Waals surface area (Å²) in [6, 6.07) is 7.60. The monoisotopic (exact) mass is 311 g/mol. The number of fused-ring (bicyclic) bond motifs is 2. The molecule has 7 heteroatoms. The predicted molar refractivity (Wildman–Crippen MR) is 85.3 cm³/mol. The van der Waals surface area contributed by atoms with Crippen LogP contribution >= 0.6 is 0 Å². The first-order valence-electron chi connectivity index (χ1n) is 7.73. The molecule has 1 aliphatic heterocycles. The molecule has 1 aromatic carbocycles. The first-order chi connectivity index (χ1) is 11.2. The standard InChI is InChI=1S/C16H17N5O2/c22-15(12-2-1-3-13-11(12)6-8-17-13)18-10-4-5-14-19-20-16(23)21(14)9-7-10/h1-3,6,8,10,17H,4-5,7,9H2,(H,18,22)(H,20,23). The van der Waals surface area contributed by atoms with Crippen molar-refractivity contribution < 1.29 is 4.79 Å². The smallest absolute Gasteiger partial charge is 0.343 e. The highest BCUT2D eigenvalue weighted by molar-refractivity contribution is 6.06. The Bertz CT molecular complexity index is 920. The van der Waals surface area contributed by atoms with Crippen molar-refractivity contribution in [2.75, 3.05) is 0 Å². The van der Waals surface area contributed by atoms with Crippen LogP contribution in [0.5, 0.6) is 0 Å². The molecule has 2 aromatic heterocycles. The fraction of sp³-hybridized carbons (Fsp3) is 0.312.